The Morgan fingerprint density at radius 2 is 2.00 bits per heavy atom. The van der Waals surface area contributed by atoms with Gasteiger partial charge >= 0.3 is 6.03 Å². The van der Waals surface area contributed by atoms with E-state index in [2.05, 4.69) is 12.2 Å². The molecule has 0 bridgehead atoms. The molecule has 5 heteroatoms. The number of carbonyl (C=O) groups excluding carboxylic acids is 1. The lowest BCUT2D eigenvalue weighted by molar-refractivity contribution is 0.188. The van der Waals surface area contributed by atoms with Crippen molar-refractivity contribution in [3.63, 3.8) is 0 Å². The van der Waals surface area contributed by atoms with E-state index in [1.54, 1.807) is 12.0 Å². The highest BCUT2D eigenvalue weighted by molar-refractivity contribution is 6.03. The van der Waals surface area contributed by atoms with Crippen LogP contribution in [-0.4, -0.2) is 25.8 Å². The summed E-state index contributed by atoms with van der Waals surface area (Å²) in [5, 5.41) is 2.92. The molecule has 0 fully saturated rings. The SMILES string of the molecule is CC[C@@H]1CN(C(=O)Nc2ccc(OC)cc2)c2ccccc2O1. The van der Waals surface area contributed by atoms with E-state index in [0.717, 1.165) is 29.3 Å². The molecule has 1 aliphatic heterocycles. The van der Waals surface area contributed by atoms with E-state index in [1.165, 1.54) is 0 Å². The number of nitrogens with zero attached hydrogens (tertiary/aromatic N) is 1. The average molecular weight is 312 g/mol. The lowest BCUT2D eigenvalue weighted by atomic mass is 10.1. The Morgan fingerprint density at radius 1 is 1.26 bits per heavy atom. The highest BCUT2D eigenvalue weighted by atomic mass is 16.5. The molecule has 1 atom stereocenters. The van der Waals surface area contributed by atoms with Gasteiger partial charge < -0.3 is 14.8 Å². The molecule has 1 aliphatic rings. The van der Waals surface area contributed by atoms with E-state index in [4.69, 9.17) is 9.47 Å². The van der Waals surface area contributed by atoms with Gasteiger partial charge in [0.2, 0.25) is 0 Å². The zero-order valence-corrected chi connectivity index (χ0v) is 13.3. The van der Waals surface area contributed by atoms with E-state index in [0.29, 0.717) is 6.54 Å². The standard InChI is InChI=1S/C18H20N2O3/c1-3-14-12-20(16-6-4-5-7-17(16)23-14)18(21)19-13-8-10-15(22-2)11-9-13/h4-11,14H,3,12H2,1-2H3,(H,19,21)/t14-/m1/s1. The average Bonchev–Trinajstić information content (AvgIpc) is 2.61. The van der Waals surface area contributed by atoms with Crippen LogP contribution in [0.5, 0.6) is 11.5 Å². The van der Waals surface area contributed by atoms with E-state index in [-0.39, 0.29) is 12.1 Å². The molecule has 0 aromatic heterocycles. The Labute approximate surface area is 135 Å². The predicted molar refractivity (Wildman–Crippen MR) is 90.5 cm³/mol. The molecule has 0 spiro atoms. The first-order valence-electron chi connectivity index (χ1n) is 7.69. The van der Waals surface area contributed by atoms with E-state index >= 15 is 0 Å². The number of amides is 2. The molecule has 120 valence electrons. The lowest BCUT2D eigenvalue weighted by Crippen LogP contribution is -2.45. The van der Waals surface area contributed by atoms with Crippen LogP contribution in [0.15, 0.2) is 48.5 Å². The zero-order valence-electron chi connectivity index (χ0n) is 13.3. The number of anilines is 2. The molecule has 5 nitrogen and oxygen atoms in total. The highest BCUT2D eigenvalue weighted by Gasteiger charge is 2.28. The van der Waals surface area contributed by atoms with E-state index in [1.807, 2.05) is 48.5 Å². The maximum Gasteiger partial charge on any atom is 0.326 e. The number of methoxy groups -OCH3 is 1. The second-order valence-corrected chi connectivity index (χ2v) is 5.39. The number of para-hydroxylation sites is 2. The van der Waals surface area contributed by atoms with Gasteiger partial charge in [0.05, 0.1) is 19.3 Å². The van der Waals surface area contributed by atoms with E-state index in [9.17, 15) is 4.79 Å². The molecular formula is C18H20N2O3. The molecule has 3 rings (SSSR count). The van der Waals surface area contributed by atoms with Crippen molar-refractivity contribution >= 4 is 17.4 Å². The summed E-state index contributed by atoms with van der Waals surface area (Å²) in [7, 11) is 1.61. The fraction of sp³-hybridized carbons (Fsp3) is 0.278. The number of urea groups is 1. The van der Waals surface area contributed by atoms with Crippen LogP contribution in [0, 0.1) is 0 Å². The Hall–Kier alpha value is -2.69. The Morgan fingerprint density at radius 3 is 2.70 bits per heavy atom. The van der Waals surface area contributed by atoms with Gasteiger partial charge in [0, 0.05) is 5.69 Å². The first-order chi connectivity index (χ1) is 11.2. The van der Waals surface area contributed by atoms with Crippen molar-refractivity contribution in [1.29, 1.82) is 0 Å². The van der Waals surface area contributed by atoms with Crippen molar-refractivity contribution in [3.8, 4) is 11.5 Å². The van der Waals surface area contributed by atoms with Gasteiger partial charge in [-0.2, -0.15) is 0 Å². The number of carbonyl (C=O) groups is 1. The topological polar surface area (TPSA) is 50.8 Å². The summed E-state index contributed by atoms with van der Waals surface area (Å²) in [5.74, 6) is 1.50. The van der Waals surface area contributed by atoms with Gasteiger partial charge in [-0.05, 0) is 42.8 Å². The molecule has 1 heterocycles. The van der Waals surface area contributed by atoms with Crippen molar-refractivity contribution < 1.29 is 14.3 Å². The highest BCUT2D eigenvalue weighted by Crippen LogP contribution is 2.34. The number of hydrogen-bond donors (Lipinski definition) is 1. The molecule has 1 N–H and O–H groups in total. The fourth-order valence-electron chi connectivity index (χ4n) is 2.57. The Balaban J connectivity index is 1.80. The minimum atomic E-state index is -0.163. The molecule has 0 saturated carbocycles. The minimum absolute atomic E-state index is 0.00603. The van der Waals surface area contributed by atoms with Crippen molar-refractivity contribution in [3.05, 3.63) is 48.5 Å². The molecule has 2 aromatic carbocycles. The van der Waals surface area contributed by atoms with Crippen LogP contribution in [0.3, 0.4) is 0 Å². The van der Waals surface area contributed by atoms with Gasteiger partial charge in [-0.15, -0.1) is 0 Å². The molecular weight excluding hydrogens is 292 g/mol. The van der Waals surface area contributed by atoms with Gasteiger partial charge in [-0.25, -0.2) is 4.79 Å². The number of ether oxygens (including phenoxy) is 2. The van der Waals surface area contributed by atoms with Crippen LogP contribution in [0.25, 0.3) is 0 Å². The second kappa shape index (κ2) is 6.60. The van der Waals surface area contributed by atoms with Crippen molar-refractivity contribution in [2.24, 2.45) is 0 Å². The van der Waals surface area contributed by atoms with Crippen molar-refractivity contribution in [1.82, 2.24) is 0 Å². The Kier molecular flexibility index (Phi) is 4.37. The lowest BCUT2D eigenvalue weighted by Gasteiger charge is -2.34. The summed E-state index contributed by atoms with van der Waals surface area (Å²) < 4.78 is 11.0. The van der Waals surface area contributed by atoms with Crippen molar-refractivity contribution in [2.75, 3.05) is 23.9 Å². The molecule has 0 radical (unpaired) electrons. The number of fused-ring (bicyclic) bond motifs is 1. The van der Waals surface area contributed by atoms with Crippen LogP contribution >= 0.6 is 0 Å². The maximum absolute atomic E-state index is 12.7. The zero-order chi connectivity index (χ0) is 16.2. The second-order valence-electron chi connectivity index (χ2n) is 5.39. The summed E-state index contributed by atoms with van der Waals surface area (Å²) in [5.41, 5.74) is 1.52. The fourth-order valence-corrected chi connectivity index (χ4v) is 2.57. The van der Waals surface area contributed by atoms with Gasteiger partial charge in [0.25, 0.3) is 0 Å². The number of hydrogen-bond acceptors (Lipinski definition) is 3. The predicted octanol–water partition coefficient (Wildman–Crippen LogP) is 3.90. The van der Waals surface area contributed by atoms with Crippen LogP contribution in [0.4, 0.5) is 16.2 Å². The summed E-state index contributed by atoms with van der Waals surface area (Å²) in [6.07, 6.45) is 0.854. The normalized spacial score (nSPS) is 16.3. The van der Waals surface area contributed by atoms with Crippen LogP contribution < -0.4 is 19.7 Å². The number of benzene rings is 2. The van der Waals surface area contributed by atoms with Gasteiger partial charge in [-0.3, -0.25) is 4.90 Å². The smallest absolute Gasteiger partial charge is 0.326 e. The Bertz CT molecular complexity index is 685. The summed E-state index contributed by atoms with van der Waals surface area (Å²) >= 11 is 0. The van der Waals surface area contributed by atoms with Gasteiger partial charge in [0.1, 0.15) is 17.6 Å². The molecule has 23 heavy (non-hydrogen) atoms. The van der Waals surface area contributed by atoms with Crippen LogP contribution in [-0.2, 0) is 0 Å². The summed E-state index contributed by atoms with van der Waals surface area (Å²) in [4.78, 5) is 14.4. The quantitative estimate of drug-likeness (QED) is 0.935. The minimum Gasteiger partial charge on any atom is -0.497 e. The molecule has 0 aliphatic carbocycles. The summed E-state index contributed by atoms with van der Waals surface area (Å²) in [6, 6.07) is 14.7. The summed E-state index contributed by atoms with van der Waals surface area (Å²) in [6.45, 7) is 2.59. The van der Waals surface area contributed by atoms with Gasteiger partial charge in [0.15, 0.2) is 0 Å². The van der Waals surface area contributed by atoms with Crippen molar-refractivity contribution in [2.45, 2.75) is 19.4 Å². The first kappa shape index (κ1) is 15.2. The maximum atomic E-state index is 12.7. The molecule has 2 aromatic rings. The molecule has 2 amide bonds. The number of rotatable bonds is 3. The van der Waals surface area contributed by atoms with E-state index < -0.39 is 0 Å². The third-order valence-corrected chi connectivity index (χ3v) is 3.88. The first-order valence-corrected chi connectivity index (χ1v) is 7.69. The molecule has 0 saturated heterocycles. The molecule has 0 unspecified atom stereocenters. The third kappa shape index (κ3) is 3.23. The van der Waals surface area contributed by atoms with Gasteiger partial charge in [-0.1, -0.05) is 19.1 Å². The monoisotopic (exact) mass is 312 g/mol. The third-order valence-electron chi connectivity index (χ3n) is 3.88. The van der Waals surface area contributed by atoms with Crippen LogP contribution in [0.1, 0.15) is 13.3 Å². The largest absolute Gasteiger partial charge is 0.497 e. The number of nitrogens with one attached hydrogen (secondary N) is 1. The van der Waals surface area contributed by atoms with Crippen LogP contribution in [0.2, 0.25) is 0 Å².